The Morgan fingerprint density at radius 2 is 0.780 bits per heavy atom. The van der Waals surface area contributed by atoms with Crippen LogP contribution in [0.5, 0.6) is 5.75 Å². The highest BCUT2D eigenvalue weighted by Gasteiger charge is 2.36. The third-order valence-electron chi connectivity index (χ3n) is 17.7. The predicted octanol–water partition coefficient (Wildman–Crippen LogP) is 5.05. The van der Waals surface area contributed by atoms with Crippen molar-refractivity contribution in [3.05, 3.63) is 82.9 Å². The van der Waals surface area contributed by atoms with Crippen molar-refractivity contribution in [2.45, 2.75) is 37.5 Å². The minimum Gasteiger partial charge on any atom is -0.447 e. The molecule has 0 aliphatic carbocycles. The number of amidine groups is 1. The minimum atomic E-state index is -3.71. The number of carbonyl (C=O) groups excluding carboxylic acids is 3. The Balaban J connectivity index is 0.627. The predicted molar refractivity (Wildman–Crippen MR) is 452 cm³/mol. The molecular formula is C85H135F4N5O32S. The lowest BCUT2D eigenvalue weighted by Gasteiger charge is -2.36. The monoisotopic (exact) mass is 1850 g/mol. The molecule has 127 heavy (non-hydrogen) atoms. The SMILES string of the molecule is CCCN(CCCNC(=O)OCCOCCOCCOCCOCCOCCOCCOCCOCCOCCOCCOCCOCCOCCOCCOCCOCCOCCOCCOCCOCCOCCOCCOCCOCCC(=O)Oc1c(F)c(F)cc(F)c1F)C(=O)C1=Cc2ccc(-c3cccc(S(=O)(=O)N4CC(CO)C4)c3)cc2N=C(N)C1. The number of halogens is 4. The van der Waals surface area contributed by atoms with Gasteiger partial charge in [-0.05, 0) is 48.2 Å². The Hall–Kier alpha value is -6.29. The molecule has 2 aliphatic heterocycles. The number of nitrogens with zero attached hydrogens (tertiary/aromatic N) is 3. The molecule has 42 heteroatoms. The minimum absolute atomic E-state index is 0.0143. The van der Waals surface area contributed by atoms with Crippen LogP contribution in [0.4, 0.5) is 28.0 Å². The van der Waals surface area contributed by atoms with Crippen molar-refractivity contribution >= 4 is 45.6 Å². The second-order valence-electron chi connectivity index (χ2n) is 27.5. The van der Waals surface area contributed by atoms with E-state index < -0.39 is 57.5 Å². The number of nitrogens with two attached hydrogens (primary N) is 1. The first-order valence-corrected chi connectivity index (χ1v) is 44.6. The largest absolute Gasteiger partial charge is 0.447 e. The highest BCUT2D eigenvalue weighted by Crippen LogP contribution is 2.34. The summed E-state index contributed by atoms with van der Waals surface area (Å²) in [5.41, 5.74) is 9.53. The van der Waals surface area contributed by atoms with E-state index in [1.165, 1.54) is 4.31 Å². The summed E-state index contributed by atoms with van der Waals surface area (Å²) in [6.45, 7) is 22.8. The maximum atomic E-state index is 13.9. The zero-order valence-corrected chi connectivity index (χ0v) is 74.3. The molecule has 2 amide bonds. The summed E-state index contributed by atoms with van der Waals surface area (Å²) in [6, 6.07) is 12.2. The maximum Gasteiger partial charge on any atom is 0.407 e. The number of benzene rings is 3. The lowest BCUT2D eigenvalue weighted by atomic mass is 10.0. The molecule has 0 saturated carbocycles. The van der Waals surface area contributed by atoms with Crippen LogP contribution in [-0.4, -0.2) is 410 Å². The molecule has 0 unspecified atom stereocenters. The molecule has 5 rings (SSSR count). The number of aliphatic imine (C=N–C) groups is 1. The first-order chi connectivity index (χ1) is 62.2. The molecule has 0 radical (unpaired) electrons. The fourth-order valence-corrected chi connectivity index (χ4v) is 12.8. The Bertz CT molecular complexity index is 3470. The second kappa shape index (κ2) is 75.3. The van der Waals surface area contributed by atoms with E-state index in [0.717, 1.165) is 12.0 Å². The molecular weight excluding hydrogens is 1710 g/mol. The molecule has 3 aromatic carbocycles. The summed E-state index contributed by atoms with van der Waals surface area (Å²) in [5.74, 6) is -9.50. The van der Waals surface area contributed by atoms with Gasteiger partial charge in [0, 0.05) is 68.9 Å². The van der Waals surface area contributed by atoms with E-state index in [-0.39, 0.29) is 94.4 Å². The highest BCUT2D eigenvalue weighted by molar-refractivity contribution is 7.89. The lowest BCUT2D eigenvalue weighted by molar-refractivity contribution is -0.136. The Kier molecular flexibility index (Phi) is 65.9. The Labute approximate surface area is 742 Å². The van der Waals surface area contributed by atoms with Crippen molar-refractivity contribution in [2.24, 2.45) is 16.6 Å². The van der Waals surface area contributed by atoms with E-state index in [1.807, 2.05) is 31.2 Å². The van der Waals surface area contributed by atoms with Gasteiger partial charge in [0.1, 0.15) is 12.4 Å². The van der Waals surface area contributed by atoms with Gasteiger partial charge >= 0.3 is 12.1 Å². The van der Waals surface area contributed by atoms with E-state index in [1.54, 1.807) is 29.2 Å². The number of hydrogen-bond acceptors (Lipinski definition) is 34. The number of hydrogen-bond donors (Lipinski definition) is 3. The van der Waals surface area contributed by atoms with Gasteiger partial charge in [0.2, 0.25) is 33.3 Å². The molecule has 3 aromatic rings. The van der Waals surface area contributed by atoms with Gasteiger partial charge in [-0.3, -0.25) is 9.59 Å². The van der Waals surface area contributed by atoms with Gasteiger partial charge < -0.3 is 144 Å². The number of fused-ring (bicyclic) bond motifs is 1. The highest BCUT2D eigenvalue weighted by atomic mass is 32.2. The number of esters is 1. The zero-order chi connectivity index (χ0) is 90.8. The summed E-state index contributed by atoms with van der Waals surface area (Å²) in [5, 5.41) is 12.1. The van der Waals surface area contributed by atoms with Gasteiger partial charge in [-0.15, -0.1) is 0 Å². The van der Waals surface area contributed by atoms with E-state index in [4.69, 9.17) is 124 Å². The van der Waals surface area contributed by atoms with Crippen molar-refractivity contribution < 1.29 is 169 Å². The quantitative estimate of drug-likeness (QED) is 0.0219. The fraction of sp³-hybridized carbons (Fsp3) is 0.718. The van der Waals surface area contributed by atoms with Crippen LogP contribution >= 0.6 is 0 Å². The summed E-state index contributed by atoms with van der Waals surface area (Å²) in [7, 11) is -3.71. The first kappa shape index (κ1) is 111. The fourth-order valence-electron chi connectivity index (χ4n) is 11.1. The average molecular weight is 1850 g/mol. The van der Waals surface area contributed by atoms with Crippen molar-refractivity contribution in [2.75, 3.05) is 363 Å². The molecule has 2 aliphatic rings. The second-order valence-corrected chi connectivity index (χ2v) is 29.5. The van der Waals surface area contributed by atoms with E-state index in [9.17, 15) is 45.5 Å². The van der Waals surface area contributed by atoms with Crippen LogP contribution < -0.4 is 15.8 Å². The Morgan fingerprint density at radius 3 is 1.12 bits per heavy atom. The van der Waals surface area contributed by atoms with E-state index >= 15 is 0 Å². The number of nitrogens with one attached hydrogen (secondary N) is 1. The van der Waals surface area contributed by atoms with Gasteiger partial charge in [-0.2, -0.15) is 13.1 Å². The normalized spacial score (nSPS) is 13.1. The van der Waals surface area contributed by atoms with Gasteiger partial charge in [-0.1, -0.05) is 31.2 Å². The molecule has 2 heterocycles. The molecule has 1 fully saturated rings. The van der Waals surface area contributed by atoms with Crippen LogP contribution in [0, 0.1) is 29.2 Å². The number of carbonyl (C=O) groups is 3. The number of aliphatic hydroxyl groups excluding tert-OH is 1. The average Bonchev–Trinajstić information content (AvgIpc) is 1.48. The van der Waals surface area contributed by atoms with Gasteiger partial charge in [0.25, 0.3) is 0 Å². The molecule has 0 aromatic heterocycles. The summed E-state index contributed by atoms with van der Waals surface area (Å²) < 4.78 is 223. The zero-order valence-electron chi connectivity index (χ0n) is 73.4. The summed E-state index contributed by atoms with van der Waals surface area (Å²) >= 11 is 0. The van der Waals surface area contributed by atoms with Gasteiger partial charge in [0.05, 0.1) is 334 Å². The van der Waals surface area contributed by atoms with Gasteiger partial charge in [0.15, 0.2) is 11.6 Å². The number of alkyl carbamates (subject to hydrolysis) is 1. The van der Waals surface area contributed by atoms with Crippen molar-refractivity contribution in [1.82, 2.24) is 14.5 Å². The number of sulfonamides is 1. The van der Waals surface area contributed by atoms with Crippen LogP contribution in [0.1, 0.15) is 38.2 Å². The molecule has 0 bridgehead atoms. The molecule has 0 spiro atoms. The molecule has 1 saturated heterocycles. The topological polar surface area (TPSA) is 402 Å². The Morgan fingerprint density at radius 1 is 0.449 bits per heavy atom. The molecule has 4 N–H and O–H groups in total. The molecule has 37 nitrogen and oxygen atoms in total. The maximum absolute atomic E-state index is 13.9. The molecule has 0 atom stereocenters. The smallest absolute Gasteiger partial charge is 0.407 e. The van der Waals surface area contributed by atoms with Crippen LogP contribution in [-0.2, 0) is 138 Å². The van der Waals surface area contributed by atoms with E-state index in [0.29, 0.717) is 333 Å². The third-order valence-corrected chi connectivity index (χ3v) is 19.5. The standard InChI is InChI=1S/C85H135F4N5O32S/c1-2-11-93(84(97)74-62-73-8-7-72(64-78(73)92-79(90)65-74)71-5-3-6-75(63-71)127(99,100)94-67-70(68-94)69-95)12-4-10-91-85(98)125-61-60-124-59-58-123-57-56-122-55-54-121-53-52-120-51-50-119-49-48-118-47-46-117-45-44-116-43-42-115-41-40-114-39-38-113-37-36-112-35-34-111-33-32-110-31-30-109-29-28-108-27-26-107-25-24-106-23-22-105-21-20-104-19-18-103-17-16-102-15-14-101-13-9-80(96)126-83-81(88)76(86)66-77(87)82(83)89/h3,5-8,62-64,66,70,95H,2,4,9-61,65,67-69H2,1H3,(H2,90,92)(H,91,98). The van der Waals surface area contributed by atoms with E-state index in [2.05, 4.69) is 15.0 Å². The summed E-state index contributed by atoms with van der Waals surface area (Å²) in [4.78, 5) is 44.5. The summed E-state index contributed by atoms with van der Waals surface area (Å²) in [6.07, 6.45) is 2.17. The van der Waals surface area contributed by atoms with Crippen LogP contribution in [0.3, 0.4) is 0 Å². The molecule has 726 valence electrons. The van der Waals surface area contributed by atoms with Crippen molar-refractivity contribution in [3.8, 4) is 16.9 Å². The number of aliphatic hydroxyl groups is 1. The van der Waals surface area contributed by atoms with Gasteiger partial charge in [-0.25, -0.2) is 27.0 Å². The number of ether oxygens (including phenoxy) is 26. The lowest BCUT2D eigenvalue weighted by Crippen LogP contribution is -2.51. The third kappa shape index (κ3) is 54.3. The van der Waals surface area contributed by atoms with Crippen LogP contribution in [0.15, 0.2) is 64.0 Å². The number of amides is 2. The van der Waals surface area contributed by atoms with Crippen LogP contribution in [0.2, 0.25) is 0 Å². The van der Waals surface area contributed by atoms with Crippen LogP contribution in [0.25, 0.3) is 17.2 Å². The first-order valence-electron chi connectivity index (χ1n) is 43.2. The van der Waals surface area contributed by atoms with Crippen molar-refractivity contribution in [3.63, 3.8) is 0 Å². The van der Waals surface area contributed by atoms with Crippen molar-refractivity contribution in [1.29, 1.82) is 0 Å². The number of rotatable bonds is 87.